The molecule has 0 aromatic heterocycles. The zero-order valence-corrected chi connectivity index (χ0v) is 15.1. The van der Waals surface area contributed by atoms with Gasteiger partial charge in [-0.05, 0) is 60.4 Å². The van der Waals surface area contributed by atoms with Crippen molar-refractivity contribution >= 4 is 0 Å². The lowest BCUT2D eigenvalue weighted by molar-refractivity contribution is 0.0681. The molecule has 3 rings (SSSR count). The monoisotopic (exact) mass is 386 g/mol. The molecule has 0 aliphatic rings. The van der Waals surface area contributed by atoms with Crippen LogP contribution in [0.3, 0.4) is 0 Å². The highest BCUT2D eigenvalue weighted by atomic mass is 19.3. The highest BCUT2D eigenvalue weighted by Crippen LogP contribution is 2.32. The van der Waals surface area contributed by atoms with Crippen molar-refractivity contribution in [3.63, 3.8) is 0 Å². The molecule has 0 saturated carbocycles. The third-order valence-corrected chi connectivity index (χ3v) is 4.53. The average molecular weight is 386 g/mol. The molecule has 0 aliphatic heterocycles. The van der Waals surface area contributed by atoms with Gasteiger partial charge in [-0.1, -0.05) is 42.5 Å². The molecule has 5 heteroatoms. The number of alkyl halides is 3. The van der Waals surface area contributed by atoms with Gasteiger partial charge in [-0.2, -0.15) is 0 Å². The van der Waals surface area contributed by atoms with Gasteiger partial charge >= 0.3 is 0 Å². The van der Waals surface area contributed by atoms with Crippen molar-refractivity contribution in [2.45, 2.75) is 31.4 Å². The van der Waals surface area contributed by atoms with E-state index in [0.717, 1.165) is 5.56 Å². The third-order valence-electron chi connectivity index (χ3n) is 4.53. The topological polar surface area (TPSA) is 29.5 Å². The lowest BCUT2D eigenvalue weighted by atomic mass is 9.91. The van der Waals surface area contributed by atoms with Crippen molar-refractivity contribution in [3.8, 4) is 17.2 Å². The minimum Gasteiger partial charge on any atom is -0.508 e. The number of halogens is 3. The van der Waals surface area contributed by atoms with Gasteiger partial charge in [0, 0.05) is 0 Å². The quantitative estimate of drug-likeness (QED) is 0.479. The zero-order chi connectivity index (χ0) is 19.9. The fourth-order valence-electron chi connectivity index (χ4n) is 3.08. The number of aryl methyl sites for hydroxylation is 1. The van der Waals surface area contributed by atoms with Crippen LogP contribution in [0.5, 0.6) is 17.2 Å². The van der Waals surface area contributed by atoms with E-state index in [1.165, 1.54) is 24.3 Å². The molecule has 146 valence electrons. The molecule has 3 aromatic carbocycles. The molecule has 0 heterocycles. The summed E-state index contributed by atoms with van der Waals surface area (Å²) in [6, 6.07) is 21.7. The molecule has 0 bridgehead atoms. The normalized spacial score (nSPS) is 13.3. The molecule has 3 aromatic rings. The number of hydrogen-bond donors (Lipinski definition) is 1. The Hall–Kier alpha value is -2.95. The van der Waals surface area contributed by atoms with E-state index in [9.17, 15) is 18.3 Å². The van der Waals surface area contributed by atoms with Gasteiger partial charge in [0.1, 0.15) is 23.4 Å². The maximum absolute atomic E-state index is 14.7. The number of benzene rings is 3. The van der Waals surface area contributed by atoms with Gasteiger partial charge < -0.3 is 9.84 Å². The van der Waals surface area contributed by atoms with Crippen LogP contribution in [0.25, 0.3) is 0 Å². The molecule has 0 amide bonds. The molecule has 0 fully saturated rings. The SMILES string of the molecule is Oc1ccc(C(C(F)F)C(F)CCc2cccc(Oc3ccccc3)c2)cc1. The standard InChI is InChI=1S/C23H21F3O2/c24-21(22(23(25)26)17-10-12-18(27)13-11-17)14-9-16-5-4-8-20(15-16)28-19-6-2-1-3-7-19/h1-8,10-13,15,21-23,27H,9,14H2. The number of hydrogen-bond acceptors (Lipinski definition) is 2. The second-order valence-electron chi connectivity index (χ2n) is 6.57. The minimum absolute atomic E-state index is 0.0370. The van der Waals surface area contributed by atoms with E-state index in [-0.39, 0.29) is 17.7 Å². The Kier molecular flexibility index (Phi) is 6.58. The van der Waals surface area contributed by atoms with Crippen LogP contribution >= 0.6 is 0 Å². The molecule has 0 radical (unpaired) electrons. The van der Waals surface area contributed by atoms with Crippen LogP contribution < -0.4 is 4.74 Å². The summed E-state index contributed by atoms with van der Waals surface area (Å²) in [4.78, 5) is 0. The average Bonchev–Trinajstić information content (AvgIpc) is 2.69. The molecular weight excluding hydrogens is 365 g/mol. The number of phenols is 1. The van der Waals surface area contributed by atoms with Crippen LogP contribution in [-0.4, -0.2) is 17.7 Å². The first-order valence-electron chi connectivity index (χ1n) is 9.06. The summed E-state index contributed by atoms with van der Waals surface area (Å²) < 4.78 is 47.3. The number of aromatic hydroxyl groups is 1. The van der Waals surface area contributed by atoms with Crippen molar-refractivity contribution < 1.29 is 23.0 Å². The maximum Gasteiger partial charge on any atom is 0.248 e. The summed E-state index contributed by atoms with van der Waals surface area (Å²) >= 11 is 0. The van der Waals surface area contributed by atoms with E-state index in [2.05, 4.69) is 0 Å². The summed E-state index contributed by atoms with van der Waals surface area (Å²) in [6.45, 7) is 0. The van der Waals surface area contributed by atoms with Crippen LogP contribution in [-0.2, 0) is 6.42 Å². The summed E-state index contributed by atoms with van der Waals surface area (Å²) in [6.07, 6.45) is -4.25. The van der Waals surface area contributed by atoms with E-state index < -0.39 is 18.5 Å². The minimum atomic E-state index is -2.83. The van der Waals surface area contributed by atoms with Crippen molar-refractivity contribution in [3.05, 3.63) is 90.0 Å². The summed E-state index contributed by atoms with van der Waals surface area (Å²) in [5, 5.41) is 9.31. The molecule has 0 spiro atoms. The van der Waals surface area contributed by atoms with Crippen LogP contribution in [0.1, 0.15) is 23.5 Å². The molecule has 1 N–H and O–H groups in total. The van der Waals surface area contributed by atoms with Gasteiger partial charge in [0.25, 0.3) is 0 Å². The number of rotatable bonds is 8. The predicted octanol–water partition coefficient (Wildman–Crippen LogP) is 6.50. The van der Waals surface area contributed by atoms with Gasteiger partial charge in [-0.25, -0.2) is 13.2 Å². The predicted molar refractivity (Wildman–Crippen MR) is 103 cm³/mol. The maximum atomic E-state index is 14.7. The lowest BCUT2D eigenvalue weighted by Crippen LogP contribution is -2.22. The van der Waals surface area contributed by atoms with Crippen LogP contribution in [0.15, 0.2) is 78.9 Å². The summed E-state index contributed by atoms with van der Waals surface area (Å²) in [7, 11) is 0. The Balaban J connectivity index is 1.65. The second kappa shape index (κ2) is 9.31. The first-order valence-corrected chi connectivity index (χ1v) is 9.06. The van der Waals surface area contributed by atoms with Crippen molar-refractivity contribution in [2.24, 2.45) is 0 Å². The Morgan fingerprint density at radius 1 is 0.786 bits per heavy atom. The largest absolute Gasteiger partial charge is 0.508 e. The Morgan fingerprint density at radius 2 is 1.46 bits per heavy atom. The molecular formula is C23H21F3O2. The Morgan fingerprint density at radius 3 is 2.14 bits per heavy atom. The van der Waals surface area contributed by atoms with E-state index in [1.807, 2.05) is 36.4 Å². The first-order chi connectivity index (χ1) is 13.5. The molecule has 2 atom stereocenters. The smallest absolute Gasteiger partial charge is 0.248 e. The van der Waals surface area contributed by atoms with E-state index >= 15 is 0 Å². The van der Waals surface area contributed by atoms with E-state index in [0.29, 0.717) is 17.9 Å². The van der Waals surface area contributed by atoms with Crippen LogP contribution in [0.2, 0.25) is 0 Å². The van der Waals surface area contributed by atoms with Gasteiger partial charge in [-0.3, -0.25) is 0 Å². The summed E-state index contributed by atoms with van der Waals surface area (Å²) in [5.74, 6) is -0.261. The van der Waals surface area contributed by atoms with E-state index in [4.69, 9.17) is 4.74 Å². The molecule has 0 aliphatic carbocycles. The Bertz CT molecular complexity index is 867. The molecule has 28 heavy (non-hydrogen) atoms. The highest BCUT2D eigenvalue weighted by Gasteiger charge is 2.31. The van der Waals surface area contributed by atoms with Crippen LogP contribution in [0.4, 0.5) is 13.2 Å². The van der Waals surface area contributed by atoms with Crippen molar-refractivity contribution in [1.29, 1.82) is 0 Å². The summed E-state index contributed by atoms with van der Waals surface area (Å²) in [5.41, 5.74) is 0.997. The van der Waals surface area contributed by atoms with Gasteiger partial charge in [-0.15, -0.1) is 0 Å². The van der Waals surface area contributed by atoms with Crippen molar-refractivity contribution in [2.75, 3.05) is 0 Å². The fourth-order valence-corrected chi connectivity index (χ4v) is 3.08. The Labute approximate surface area is 162 Å². The van der Waals surface area contributed by atoms with Crippen LogP contribution in [0, 0.1) is 0 Å². The lowest BCUT2D eigenvalue weighted by Gasteiger charge is -2.21. The molecule has 2 nitrogen and oxygen atoms in total. The molecule has 2 unspecified atom stereocenters. The third kappa shape index (κ3) is 5.28. The number of para-hydroxylation sites is 1. The number of phenolic OH excluding ortho intramolecular Hbond substituents is 1. The van der Waals surface area contributed by atoms with Gasteiger partial charge in [0.2, 0.25) is 6.43 Å². The zero-order valence-electron chi connectivity index (χ0n) is 15.1. The molecule has 0 saturated heterocycles. The number of ether oxygens (including phenoxy) is 1. The highest BCUT2D eigenvalue weighted by molar-refractivity contribution is 5.34. The van der Waals surface area contributed by atoms with Crippen molar-refractivity contribution in [1.82, 2.24) is 0 Å². The van der Waals surface area contributed by atoms with Gasteiger partial charge in [0.15, 0.2) is 0 Å². The second-order valence-corrected chi connectivity index (χ2v) is 6.57. The van der Waals surface area contributed by atoms with E-state index in [1.54, 1.807) is 18.2 Å². The first kappa shape index (κ1) is 19.8. The van der Waals surface area contributed by atoms with Gasteiger partial charge in [0.05, 0.1) is 5.92 Å². The fraction of sp³-hybridized carbons (Fsp3) is 0.217.